The second-order valence-corrected chi connectivity index (χ2v) is 5.61. The van der Waals surface area contributed by atoms with Crippen LogP contribution in [0.15, 0.2) is 48.8 Å². The lowest BCUT2D eigenvalue weighted by atomic mass is 10.00. The molecule has 0 spiro atoms. The number of nitrogens with one attached hydrogen (secondary N) is 1. The minimum atomic E-state index is 0.0321. The van der Waals surface area contributed by atoms with Gasteiger partial charge in [0.1, 0.15) is 0 Å². The third-order valence-corrected chi connectivity index (χ3v) is 4.19. The van der Waals surface area contributed by atoms with E-state index in [2.05, 4.69) is 23.4 Å². The summed E-state index contributed by atoms with van der Waals surface area (Å²) in [4.78, 5) is 0. The molecule has 3 rings (SSSR count). The number of hydrogen-bond acceptors (Lipinski definition) is 2. The van der Waals surface area contributed by atoms with Gasteiger partial charge in [-0.3, -0.25) is 0 Å². The molecule has 0 aliphatic carbocycles. The molecule has 0 aliphatic heterocycles. The van der Waals surface area contributed by atoms with Gasteiger partial charge in [-0.25, -0.2) is 4.52 Å². The van der Waals surface area contributed by atoms with Crippen LogP contribution in [0.3, 0.4) is 0 Å². The van der Waals surface area contributed by atoms with Gasteiger partial charge in [0, 0.05) is 11.8 Å². The van der Waals surface area contributed by atoms with E-state index < -0.39 is 0 Å². The van der Waals surface area contributed by atoms with Gasteiger partial charge in [0.2, 0.25) is 0 Å². The van der Waals surface area contributed by atoms with E-state index in [1.807, 2.05) is 47.2 Å². The number of benzene rings is 1. The van der Waals surface area contributed by atoms with Crippen molar-refractivity contribution in [1.29, 1.82) is 0 Å². The van der Waals surface area contributed by atoms with E-state index in [4.69, 9.17) is 23.2 Å². The van der Waals surface area contributed by atoms with Crippen molar-refractivity contribution < 1.29 is 0 Å². The Bertz CT molecular complexity index is 767. The van der Waals surface area contributed by atoms with Crippen molar-refractivity contribution in [3.8, 4) is 0 Å². The summed E-state index contributed by atoms with van der Waals surface area (Å²) in [6.45, 7) is 2.92. The Balaban J connectivity index is 2.11. The van der Waals surface area contributed by atoms with Gasteiger partial charge in [0.15, 0.2) is 0 Å². The van der Waals surface area contributed by atoms with E-state index in [-0.39, 0.29) is 6.04 Å². The van der Waals surface area contributed by atoms with Gasteiger partial charge < -0.3 is 5.32 Å². The number of nitrogens with zero attached hydrogens (tertiary/aromatic N) is 2. The molecule has 0 amide bonds. The Kier molecular flexibility index (Phi) is 4.15. The van der Waals surface area contributed by atoms with E-state index in [1.54, 1.807) is 0 Å². The van der Waals surface area contributed by atoms with Gasteiger partial charge in [-0.1, -0.05) is 42.3 Å². The molecule has 0 saturated heterocycles. The second-order valence-electron chi connectivity index (χ2n) is 4.79. The highest BCUT2D eigenvalue weighted by Gasteiger charge is 2.18. The zero-order chi connectivity index (χ0) is 14.8. The van der Waals surface area contributed by atoms with Crippen LogP contribution in [-0.4, -0.2) is 16.2 Å². The number of rotatable bonds is 4. The molecule has 0 aliphatic rings. The minimum absolute atomic E-state index is 0.0321. The summed E-state index contributed by atoms with van der Waals surface area (Å²) in [7, 11) is 0. The van der Waals surface area contributed by atoms with Crippen molar-refractivity contribution in [2.75, 3.05) is 6.54 Å². The Hall–Kier alpha value is -1.55. The van der Waals surface area contributed by atoms with E-state index in [9.17, 15) is 0 Å². The number of halogens is 2. The fourth-order valence-electron chi connectivity index (χ4n) is 2.48. The summed E-state index contributed by atoms with van der Waals surface area (Å²) in [5.41, 5.74) is 3.27. The molecule has 0 saturated carbocycles. The van der Waals surface area contributed by atoms with Crippen LogP contribution in [-0.2, 0) is 0 Å². The first kappa shape index (κ1) is 14.4. The molecule has 2 aromatic heterocycles. The maximum Gasteiger partial charge on any atom is 0.0712 e. The summed E-state index contributed by atoms with van der Waals surface area (Å²) < 4.78 is 1.87. The highest BCUT2D eigenvalue weighted by molar-refractivity contribution is 6.42. The molecule has 1 N–H and O–H groups in total. The lowest BCUT2D eigenvalue weighted by Crippen LogP contribution is -2.21. The van der Waals surface area contributed by atoms with Crippen LogP contribution < -0.4 is 5.32 Å². The van der Waals surface area contributed by atoms with Crippen molar-refractivity contribution in [2.24, 2.45) is 0 Å². The van der Waals surface area contributed by atoms with Crippen molar-refractivity contribution in [2.45, 2.75) is 13.0 Å². The molecule has 5 heteroatoms. The lowest BCUT2D eigenvalue weighted by molar-refractivity contribution is 0.634. The minimum Gasteiger partial charge on any atom is -0.306 e. The quantitative estimate of drug-likeness (QED) is 0.775. The van der Waals surface area contributed by atoms with E-state index in [0.29, 0.717) is 10.0 Å². The van der Waals surface area contributed by atoms with Crippen molar-refractivity contribution in [3.63, 3.8) is 0 Å². The number of hydrogen-bond donors (Lipinski definition) is 1. The summed E-state index contributed by atoms with van der Waals surface area (Å²) >= 11 is 12.2. The molecule has 0 fully saturated rings. The molecule has 0 bridgehead atoms. The summed E-state index contributed by atoms with van der Waals surface area (Å²) in [6, 6.07) is 11.8. The molecule has 1 unspecified atom stereocenters. The number of fused-ring (bicyclic) bond motifs is 1. The van der Waals surface area contributed by atoms with E-state index in [0.717, 1.165) is 23.2 Å². The van der Waals surface area contributed by atoms with Gasteiger partial charge in [-0.2, -0.15) is 5.10 Å². The molecule has 3 aromatic rings. The predicted octanol–water partition coefficient (Wildman–Crippen LogP) is 4.34. The van der Waals surface area contributed by atoms with Crippen molar-refractivity contribution in [1.82, 2.24) is 14.9 Å². The smallest absolute Gasteiger partial charge is 0.0712 e. The largest absolute Gasteiger partial charge is 0.306 e. The van der Waals surface area contributed by atoms with Crippen LogP contribution in [0.5, 0.6) is 0 Å². The molecule has 1 atom stereocenters. The van der Waals surface area contributed by atoms with Crippen LogP contribution in [0, 0.1) is 0 Å². The number of aromatic nitrogens is 2. The Labute approximate surface area is 133 Å². The van der Waals surface area contributed by atoms with Crippen LogP contribution in [0.2, 0.25) is 10.0 Å². The van der Waals surface area contributed by atoms with Gasteiger partial charge >= 0.3 is 0 Å². The third kappa shape index (κ3) is 2.77. The maximum absolute atomic E-state index is 6.16. The number of pyridine rings is 1. The summed E-state index contributed by atoms with van der Waals surface area (Å²) in [6.07, 6.45) is 3.84. The third-order valence-electron chi connectivity index (χ3n) is 3.45. The van der Waals surface area contributed by atoms with Crippen molar-refractivity contribution >= 4 is 28.7 Å². The molecule has 108 valence electrons. The van der Waals surface area contributed by atoms with Gasteiger partial charge in [-0.15, -0.1) is 0 Å². The van der Waals surface area contributed by atoms with Gasteiger partial charge in [-0.05, 0) is 36.4 Å². The first-order chi connectivity index (χ1) is 10.2. The fraction of sp³-hybridized carbons (Fsp3) is 0.188. The van der Waals surface area contributed by atoms with Crippen LogP contribution in [0.25, 0.3) is 5.52 Å². The maximum atomic E-state index is 6.16. The highest BCUT2D eigenvalue weighted by atomic mass is 35.5. The zero-order valence-corrected chi connectivity index (χ0v) is 13.1. The molecule has 21 heavy (non-hydrogen) atoms. The second kappa shape index (κ2) is 6.06. The van der Waals surface area contributed by atoms with Crippen LogP contribution in [0.1, 0.15) is 24.1 Å². The average molecular weight is 320 g/mol. The monoisotopic (exact) mass is 319 g/mol. The molecule has 3 nitrogen and oxygen atoms in total. The van der Waals surface area contributed by atoms with Crippen LogP contribution >= 0.6 is 23.2 Å². The first-order valence-corrected chi connectivity index (χ1v) is 7.57. The first-order valence-electron chi connectivity index (χ1n) is 6.81. The zero-order valence-electron chi connectivity index (χ0n) is 11.6. The van der Waals surface area contributed by atoms with Gasteiger partial charge in [0.05, 0.1) is 27.8 Å². The molecular weight excluding hydrogens is 305 g/mol. The molecule has 0 radical (unpaired) electrons. The van der Waals surface area contributed by atoms with Gasteiger partial charge in [0.25, 0.3) is 0 Å². The highest BCUT2D eigenvalue weighted by Crippen LogP contribution is 2.30. The topological polar surface area (TPSA) is 29.3 Å². The van der Waals surface area contributed by atoms with Crippen LogP contribution in [0.4, 0.5) is 0 Å². The predicted molar refractivity (Wildman–Crippen MR) is 87.2 cm³/mol. The Morgan fingerprint density at radius 3 is 2.81 bits per heavy atom. The molecule has 1 aromatic carbocycles. The molecular formula is C16H15Cl2N3. The molecule has 2 heterocycles. The SMILES string of the molecule is CCNC(c1ccc(Cl)c(Cl)c1)c1cnn2ccccc12. The van der Waals surface area contributed by atoms with Crippen molar-refractivity contribution in [3.05, 3.63) is 70.0 Å². The fourth-order valence-corrected chi connectivity index (χ4v) is 2.79. The summed E-state index contributed by atoms with van der Waals surface area (Å²) in [5, 5.41) is 9.02. The standard InChI is InChI=1S/C16H15Cl2N3/c1-2-19-16(11-6-7-13(17)14(18)9-11)12-10-20-21-8-4-3-5-15(12)21/h3-10,16,19H,2H2,1H3. The Morgan fingerprint density at radius 1 is 1.19 bits per heavy atom. The lowest BCUT2D eigenvalue weighted by Gasteiger charge is -2.18. The average Bonchev–Trinajstić information content (AvgIpc) is 2.92. The normalized spacial score (nSPS) is 12.7. The van der Waals surface area contributed by atoms with E-state index >= 15 is 0 Å². The summed E-state index contributed by atoms with van der Waals surface area (Å²) in [5.74, 6) is 0. The Morgan fingerprint density at radius 2 is 2.05 bits per heavy atom. The van der Waals surface area contributed by atoms with E-state index in [1.165, 1.54) is 0 Å².